The first-order valence-electron chi connectivity index (χ1n) is 5.62. The predicted molar refractivity (Wildman–Crippen MR) is 72.6 cm³/mol. The standard InChI is InChI=1S/C12H16ClN3S/c1-9(2)14-5-10-6-15-16(7-10)8-11-3-4-12(13)17-11/h3-4,6-7,9,14H,5,8H2,1-2H3. The van der Waals surface area contributed by atoms with Crippen molar-refractivity contribution in [3.8, 4) is 0 Å². The molecule has 0 bridgehead atoms. The Labute approximate surface area is 110 Å². The van der Waals surface area contributed by atoms with Gasteiger partial charge < -0.3 is 5.32 Å². The van der Waals surface area contributed by atoms with Crippen molar-refractivity contribution in [2.24, 2.45) is 0 Å². The summed E-state index contributed by atoms with van der Waals surface area (Å²) in [5.41, 5.74) is 1.21. The molecule has 0 amide bonds. The van der Waals surface area contributed by atoms with Crippen LogP contribution in [0.3, 0.4) is 0 Å². The average molecular weight is 270 g/mol. The van der Waals surface area contributed by atoms with Crippen molar-refractivity contribution in [3.63, 3.8) is 0 Å². The van der Waals surface area contributed by atoms with Crippen LogP contribution in [0.4, 0.5) is 0 Å². The van der Waals surface area contributed by atoms with Crippen molar-refractivity contribution in [2.75, 3.05) is 0 Å². The Morgan fingerprint density at radius 2 is 2.29 bits per heavy atom. The van der Waals surface area contributed by atoms with Crippen LogP contribution in [0.5, 0.6) is 0 Å². The molecule has 0 unspecified atom stereocenters. The van der Waals surface area contributed by atoms with Gasteiger partial charge in [-0.05, 0) is 12.1 Å². The molecule has 92 valence electrons. The lowest BCUT2D eigenvalue weighted by atomic mass is 10.3. The zero-order valence-corrected chi connectivity index (χ0v) is 11.6. The van der Waals surface area contributed by atoms with E-state index >= 15 is 0 Å². The summed E-state index contributed by atoms with van der Waals surface area (Å²) in [4.78, 5) is 1.22. The molecule has 0 aliphatic carbocycles. The highest BCUT2D eigenvalue weighted by Crippen LogP contribution is 2.21. The van der Waals surface area contributed by atoms with Gasteiger partial charge in [0.1, 0.15) is 0 Å². The van der Waals surface area contributed by atoms with Crippen molar-refractivity contribution in [1.29, 1.82) is 0 Å². The van der Waals surface area contributed by atoms with Crippen LogP contribution in [0.1, 0.15) is 24.3 Å². The molecule has 0 atom stereocenters. The number of aromatic nitrogens is 2. The first kappa shape index (κ1) is 12.6. The Kier molecular flexibility index (Phi) is 4.20. The summed E-state index contributed by atoms with van der Waals surface area (Å²) in [6, 6.07) is 4.46. The maximum Gasteiger partial charge on any atom is 0.0931 e. The summed E-state index contributed by atoms with van der Waals surface area (Å²) in [5, 5.41) is 7.71. The molecule has 0 saturated carbocycles. The van der Waals surface area contributed by atoms with Crippen LogP contribution >= 0.6 is 22.9 Å². The molecule has 0 spiro atoms. The highest BCUT2D eigenvalue weighted by atomic mass is 35.5. The van der Waals surface area contributed by atoms with Crippen molar-refractivity contribution in [1.82, 2.24) is 15.1 Å². The molecule has 0 aliphatic rings. The average Bonchev–Trinajstić information content (AvgIpc) is 2.86. The zero-order valence-electron chi connectivity index (χ0n) is 9.98. The van der Waals surface area contributed by atoms with Crippen LogP contribution in [-0.2, 0) is 13.1 Å². The Morgan fingerprint density at radius 1 is 1.47 bits per heavy atom. The van der Waals surface area contributed by atoms with Crippen molar-refractivity contribution in [3.05, 3.63) is 39.3 Å². The molecule has 5 heteroatoms. The van der Waals surface area contributed by atoms with Gasteiger partial charge in [0.25, 0.3) is 0 Å². The van der Waals surface area contributed by atoms with Gasteiger partial charge in [-0.2, -0.15) is 5.10 Å². The van der Waals surface area contributed by atoms with E-state index in [9.17, 15) is 0 Å². The minimum absolute atomic E-state index is 0.495. The molecule has 2 aromatic heterocycles. The second kappa shape index (κ2) is 5.67. The Bertz CT molecular complexity index is 476. The van der Waals surface area contributed by atoms with Crippen molar-refractivity contribution < 1.29 is 0 Å². The van der Waals surface area contributed by atoms with E-state index < -0.39 is 0 Å². The maximum absolute atomic E-state index is 5.90. The van der Waals surface area contributed by atoms with Crippen molar-refractivity contribution >= 4 is 22.9 Å². The fraction of sp³-hybridized carbons (Fsp3) is 0.417. The zero-order chi connectivity index (χ0) is 12.3. The van der Waals surface area contributed by atoms with Gasteiger partial charge in [0, 0.05) is 29.2 Å². The molecular formula is C12H16ClN3S. The summed E-state index contributed by atoms with van der Waals surface area (Å²) in [6.45, 7) is 5.93. The van der Waals surface area contributed by atoms with E-state index in [-0.39, 0.29) is 0 Å². The van der Waals surface area contributed by atoms with Crippen LogP contribution in [0, 0.1) is 0 Å². The van der Waals surface area contributed by atoms with E-state index in [2.05, 4.69) is 30.5 Å². The molecule has 2 aromatic rings. The van der Waals surface area contributed by atoms with Gasteiger partial charge >= 0.3 is 0 Å². The monoisotopic (exact) mass is 269 g/mol. The van der Waals surface area contributed by atoms with E-state index in [1.54, 1.807) is 11.3 Å². The molecule has 3 nitrogen and oxygen atoms in total. The van der Waals surface area contributed by atoms with E-state index in [1.807, 2.05) is 23.0 Å². The number of hydrogen-bond donors (Lipinski definition) is 1. The second-order valence-electron chi connectivity index (χ2n) is 4.29. The Balaban J connectivity index is 1.94. The first-order valence-corrected chi connectivity index (χ1v) is 6.82. The van der Waals surface area contributed by atoms with Crippen LogP contribution in [0.2, 0.25) is 4.34 Å². The quantitative estimate of drug-likeness (QED) is 0.904. The number of thiophene rings is 1. The summed E-state index contributed by atoms with van der Waals surface area (Å²) in [6.07, 6.45) is 3.98. The second-order valence-corrected chi connectivity index (χ2v) is 6.09. The predicted octanol–water partition coefficient (Wildman–Crippen LogP) is 3.14. The molecule has 1 N–H and O–H groups in total. The first-order chi connectivity index (χ1) is 8.13. The van der Waals surface area contributed by atoms with Crippen LogP contribution < -0.4 is 5.32 Å². The number of hydrogen-bond acceptors (Lipinski definition) is 3. The molecule has 2 heterocycles. The molecule has 2 rings (SSSR count). The largest absolute Gasteiger partial charge is 0.310 e. The minimum atomic E-state index is 0.495. The summed E-state index contributed by atoms with van der Waals surface area (Å²) < 4.78 is 2.77. The minimum Gasteiger partial charge on any atom is -0.310 e. The van der Waals surface area contributed by atoms with Gasteiger partial charge in [-0.1, -0.05) is 25.4 Å². The smallest absolute Gasteiger partial charge is 0.0931 e. The fourth-order valence-electron chi connectivity index (χ4n) is 1.50. The third kappa shape index (κ3) is 3.84. The molecule has 0 saturated heterocycles. The summed E-state index contributed by atoms with van der Waals surface area (Å²) in [5.74, 6) is 0. The van der Waals surface area contributed by atoms with Gasteiger partial charge in [0.15, 0.2) is 0 Å². The summed E-state index contributed by atoms with van der Waals surface area (Å²) >= 11 is 7.49. The molecule has 0 fully saturated rings. The number of halogens is 1. The van der Waals surface area contributed by atoms with E-state index in [4.69, 9.17) is 11.6 Å². The van der Waals surface area contributed by atoms with Crippen LogP contribution in [0.25, 0.3) is 0 Å². The highest BCUT2D eigenvalue weighted by Gasteiger charge is 2.02. The van der Waals surface area contributed by atoms with Gasteiger partial charge in [-0.15, -0.1) is 11.3 Å². The van der Waals surface area contributed by atoms with Gasteiger partial charge in [0.05, 0.1) is 17.1 Å². The fourth-order valence-corrected chi connectivity index (χ4v) is 2.58. The van der Waals surface area contributed by atoms with E-state index in [1.165, 1.54) is 10.4 Å². The lowest BCUT2D eigenvalue weighted by molar-refractivity contribution is 0.588. The third-order valence-corrected chi connectivity index (χ3v) is 3.56. The van der Waals surface area contributed by atoms with Gasteiger partial charge in [0.2, 0.25) is 0 Å². The molecule has 17 heavy (non-hydrogen) atoms. The normalized spacial score (nSPS) is 11.3. The Hall–Kier alpha value is -0.840. The molecule has 0 radical (unpaired) electrons. The molecule has 0 aromatic carbocycles. The summed E-state index contributed by atoms with van der Waals surface area (Å²) in [7, 11) is 0. The number of nitrogens with one attached hydrogen (secondary N) is 1. The van der Waals surface area contributed by atoms with Crippen LogP contribution in [-0.4, -0.2) is 15.8 Å². The topological polar surface area (TPSA) is 29.9 Å². The van der Waals surface area contributed by atoms with E-state index in [0.717, 1.165) is 17.4 Å². The highest BCUT2D eigenvalue weighted by molar-refractivity contribution is 7.16. The Morgan fingerprint density at radius 3 is 2.94 bits per heavy atom. The molecule has 0 aliphatic heterocycles. The number of nitrogens with zero attached hydrogens (tertiary/aromatic N) is 2. The SMILES string of the molecule is CC(C)NCc1cnn(Cc2ccc(Cl)s2)c1. The van der Waals surface area contributed by atoms with Gasteiger partial charge in [-0.25, -0.2) is 0 Å². The maximum atomic E-state index is 5.90. The van der Waals surface area contributed by atoms with Crippen LogP contribution in [0.15, 0.2) is 24.5 Å². The third-order valence-electron chi connectivity index (χ3n) is 2.35. The van der Waals surface area contributed by atoms with Gasteiger partial charge in [-0.3, -0.25) is 4.68 Å². The van der Waals surface area contributed by atoms with E-state index in [0.29, 0.717) is 6.04 Å². The lowest BCUT2D eigenvalue weighted by Crippen LogP contribution is -2.21. The lowest BCUT2D eigenvalue weighted by Gasteiger charge is -2.05. The van der Waals surface area contributed by atoms with Crippen molar-refractivity contribution in [2.45, 2.75) is 33.0 Å². The molecular weight excluding hydrogens is 254 g/mol. The number of rotatable bonds is 5.